The van der Waals surface area contributed by atoms with Gasteiger partial charge in [-0.05, 0) is 54.2 Å². The fourth-order valence-corrected chi connectivity index (χ4v) is 2.81. The molecule has 8 nitrogen and oxygen atoms in total. The Labute approximate surface area is 200 Å². The minimum Gasteiger partial charge on any atom is -0.379 e. The van der Waals surface area contributed by atoms with Crippen molar-refractivity contribution in [3.8, 4) is 0 Å². The second kappa shape index (κ2) is 14.5. The van der Waals surface area contributed by atoms with Gasteiger partial charge in [-0.25, -0.2) is 9.59 Å². The van der Waals surface area contributed by atoms with Crippen LogP contribution in [0.3, 0.4) is 0 Å². The highest BCUT2D eigenvalue weighted by atomic mass is 17.3. The molecule has 0 saturated carbocycles. The molecule has 2 aromatic rings. The molecule has 0 spiro atoms. The van der Waals surface area contributed by atoms with E-state index in [0.717, 1.165) is 11.1 Å². The Hall–Kier alpha value is -2.78. The van der Waals surface area contributed by atoms with Gasteiger partial charge in [0, 0.05) is 6.61 Å². The molecule has 0 aliphatic heterocycles. The lowest BCUT2D eigenvalue weighted by atomic mass is 10.0. The van der Waals surface area contributed by atoms with E-state index in [1.54, 1.807) is 24.3 Å². The zero-order chi connectivity index (χ0) is 24.9. The minimum atomic E-state index is -1.29. The first-order valence-corrected chi connectivity index (χ1v) is 11.4. The van der Waals surface area contributed by atoms with Crippen molar-refractivity contribution >= 4 is 11.9 Å². The van der Waals surface area contributed by atoms with Gasteiger partial charge in [0.2, 0.25) is 0 Å². The van der Waals surface area contributed by atoms with Crippen molar-refractivity contribution in [2.75, 3.05) is 26.4 Å². The Bertz CT molecular complexity index is 807. The molecule has 0 N–H and O–H groups in total. The SMILES string of the molecule is CCOCCOCC(OOC(=O)c1ccc(C(C)C)cc1)OOC(=O)c1ccc(C(C)C)cc1. The van der Waals surface area contributed by atoms with Crippen molar-refractivity contribution in [2.45, 2.75) is 52.7 Å². The predicted octanol–water partition coefficient (Wildman–Crippen LogP) is 5.19. The molecule has 0 fully saturated rings. The number of hydrogen-bond acceptors (Lipinski definition) is 8. The molecule has 0 aliphatic carbocycles. The molecule has 34 heavy (non-hydrogen) atoms. The maximum absolute atomic E-state index is 12.3. The Kier molecular flexibility index (Phi) is 11.7. The van der Waals surface area contributed by atoms with Gasteiger partial charge in [0.05, 0.1) is 24.3 Å². The van der Waals surface area contributed by atoms with E-state index in [1.807, 2.05) is 31.2 Å². The molecule has 0 heterocycles. The van der Waals surface area contributed by atoms with E-state index in [4.69, 9.17) is 29.0 Å². The van der Waals surface area contributed by atoms with Crippen LogP contribution in [0, 0.1) is 0 Å². The van der Waals surface area contributed by atoms with E-state index in [9.17, 15) is 9.59 Å². The van der Waals surface area contributed by atoms with E-state index in [2.05, 4.69) is 27.7 Å². The Morgan fingerprint density at radius 2 is 1.09 bits per heavy atom. The highest BCUT2D eigenvalue weighted by molar-refractivity contribution is 5.89. The normalized spacial score (nSPS) is 11.3. The van der Waals surface area contributed by atoms with Crippen LogP contribution in [0.25, 0.3) is 0 Å². The van der Waals surface area contributed by atoms with Gasteiger partial charge in [-0.3, -0.25) is 9.78 Å². The molecule has 0 aromatic heterocycles. The fourth-order valence-electron chi connectivity index (χ4n) is 2.81. The largest absolute Gasteiger partial charge is 0.379 e. The number of hydrogen-bond donors (Lipinski definition) is 0. The van der Waals surface area contributed by atoms with Gasteiger partial charge in [0.1, 0.15) is 6.61 Å². The molecule has 0 saturated heterocycles. The second-order valence-corrected chi connectivity index (χ2v) is 8.19. The first-order valence-electron chi connectivity index (χ1n) is 11.4. The van der Waals surface area contributed by atoms with Gasteiger partial charge in [0.15, 0.2) is 0 Å². The molecule has 0 radical (unpaired) electrons. The van der Waals surface area contributed by atoms with Gasteiger partial charge in [-0.2, -0.15) is 0 Å². The van der Waals surface area contributed by atoms with E-state index in [0.29, 0.717) is 36.2 Å². The van der Waals surface area contributed by atoms with Crippen molar-refractivity contribution in [1.82, 2.24) is 0 Å². The summed E-state index contributed by atoms with van der Waals surface area (Å²) in [4.78, 5) is 44.5. The lowest BCUT2D eigenvalue weighted by Gasteiger charge is -2.16. The molecule has 186 valence electrons. The van der Waals surface area contributed by atoms with Crippen molar-refractivity contribution in [2.24, 2.45) is 0 Å². The first-order chi connectivity index (χ1) is 16.3. The molecule has 8 heteroatoms. The minimum absolute atomic E-state index is 0.161. The third-order valence-electron chi connectivity index (χ3n) is 4.92. The molecule has 0 amide bonds. The summed E-state index contributed by atoms with van der Waals surface area (Å²) in [6, 6.07) is 14.0. The highest BCUT2D eigenvalue weighted by Gasteiger charge is 2.20. The Morgan fingerprint density at radius 1 is 0.676 bits per heavy atom. The van der Waals surface area contributed by atoms with Crippen molar-refractivity contribution in [1.29, 1.82) is 0 Å². The molecular weight excluding hydrogens is 440 g/mol. The molecule has 2 rings (SSSR count). The maximum Gasteiger partial charge on any atom is 0.373 e. The van der Waals surface area contributed by atoms with Gasteiger partial charge < -0.3 is 9.47 Å². The number of benzene rings is 2. The van der Waals surface area contributed by atoms with Crippen LogP contribution in [-0.4, -0.2) is 44.7 Å². The third-order valence-corrected chi connectivity index (χ3v) is 4.92. The van der Waals surface area contributed by atoms with Crippen molar-refractivity contribution in [3.05, 3.63) is 70.8 Å². The smallest absolute Gasteiger partial charge is 0.373 e. The summed E-state index contributed by atoms with van der Waals surface area (Å²) in [6.45, 7) is 11.1. The maximum atomic E-state index is 12.3. The molecular formula is C26H34O8. The van der Waals surface area contributed by atoms with E-state index in [1.165, 1.54) is 0 Å². The Morgan fingerprint density at radius 3 is 1.47 bits per heavy atom. The lowest BCUT2D eigenvalue weighted by molar-refractivity contribution is -0.427. The van der Waals surface area contributed by atoms with Gasteiger partial charge in [-0.1, -0.05) is 52.0 Å². The van der Waals surface area contributed by atoms with Crippen LogP contribution >= 0.6 is 0 Å². The van der Waals surface area contributed by atoms with Gasteiger partial charge in [0.25, 0.3) is 6.29 Å². The fraction of sp³-hybridized carbons (Fsp3) is 0.462. The topological polar surface area (TPSA) is 89.5 Å². The third kappa shape index (κ3) is 9.23. The average Bonchev–Trinajstić information content (AvgIpc) is 2.84. The van der Waals surface area contributed by atoms with Crippen LogP contribution < -0.4 is 0 Å². The van der Waals surface area contributed by atoms with Crippen LogP contribution in [0.2, 0.25) is 0 Å². The van der Waals surface area contributed by atoms with Gasteiger partial charge in [-0.15, -0.1) is 9.78 Å². The van der Waals surface area contributed by atoms with Crippen LogP contribution in [0.15, 0.2) is 48.5 Å². The summed E-state index contributed by atoms with van der Waals surface area (Å²) in [5, 5.41) is 0. The number of rotatable bonds is 14. The highest BCUT2D eigenvalue weighted by Crippen LogP contribution is 2.17. The summed E-state index contributed by atoms with van der Waals surface area (Å²) in [6.07, 6.45) is -1.29. The molecule has 0 aliphatic rings. The van der Waals surface area contributed by atoms with Crippen LogP contribution in [0.5, 0.6) is 0 Å². The van der Waals surface area contributed by atoms with E-state index < -0.39 is 18.2 Å². The summed E-state index contributed by atoms with van der Waals surface area (Å²) in [5.74, 6) is -0.754. The van der Waals surface area contributed by atoms with Crippen LogP contribution in [0.1, 0.15) is 78.3 Å². The zero-order valence-electron chi connectivity index (χ0n) is 20.4. The van der Waals surface area contributed by atoms with E-state index in [-0.39, 0.29) is 13.2 Å². The monoisotopic (exact) mass is 474 g/mol. The predicted molar refractivity (Wildman–Crippen MR) is 125 cm³/mol. The molecule has 0 bridgehead atoms. The number of carbonyl (C=O) groups excluding carboxylic acids is 2. The standard InChI is InChI=1S/C26H34O8/c1-6-29-15-16-30-17-24(31-33-25(27)22-11-7-20(8-12-22)18(2)3)32-34-26(28)23-13-9-21(10-14-23)19(4)5/h7-14,18-19,24H,6,15-17H2,1-5H3. The van der Waals surface area contributed by atoms with Crippen molar-refractivity contribution in [3.63, 3.8) is 0 Å². The summed E-state index contributed by atoms with van der Waals surface area (Å²) in [7, 11) is 0. The van der Waals surface area contributed by atoms with E-state index >= 15 is 0 Å². The number of ether oxygens (including phenoxy) is 2. The quantitative estimate of drug-likeness (QED) is 0.160. The van der Waals surface area contributed by atoms with Crippen molar-refractivity contribution < 1.29 is 38.6 Å². The summed E-state index contributed by atoms with van der Waals surface area (Å²) >= 11 is 0. The molecule has 0 unspecified atom stereocenters. The molecule has 2 aromatic carbocycles. The lowest BCUT2D eigenvalue weighted by Crippen LogP contribution is -2.27. The summed E-state index contributed by atoms with van der Waals surface area (Å²) < 4.78 is 10.6. The second-order valence-electron chi connectivity index (χ2n) is 8.19. The van der Waals surface area contributed by atoms with Crippen LogP contribution in [-0.2, 0) is 29.0 Å². The first kappa shape index (κ1) is 27.5. The molecule has 0 atom stereocenters. The average molecular weight is 475 g/mol. The van der Waals surface area contributed by atoms with Gasteiger partial charge >= 0.3 is 11.9 Å². The number of carbonyl (C=O) groups is 2. The Balaban J connectivity index is 1.92. The summed E-state index contributed by atoms with van der Waals surface area (Å²) in [5.41, 5.74) is 2.80. The van der Waals surface area contributed by atoms with Crippen LogP contribution in [0.4, 0.5) is 0 Å². The zero-order valence-corrected chi connectivity index (χ0v) is 20.4.